The molecule has 0 aliphatic heterocycles. The Morgan fingerprint density at radius 1 is 0.806 bits per heavy atom. The van der Waals surface area contributed by atoms with Crippen LogP contribution in [0, 0.1) is 10.8 Å². The number of nitrogens with two attached hydrogens (primary N) is 1. The first kappa shape index (κ1) is 29.6. The summed E-state index contributed by atoms with van der Waals surface area (Å²) in [5.41, 5.74) is 10.1. The third-order valence-corrected chi connectivity index (χ3v) is 4.76. The minimum atomic E-state index is -0.833. The second-order valence-electron chi connectivity index (χ2n) is 7.60. The molecule has 190 valence electrons. The number of aliphatic carboxylic acids is 1. The second kappa shape index (κ2) is 16.2. The number of carbonyl (C=O) groups excluding carboxylic acids is 1. The molecule has 0 aliphatic carbocycles. The predicted octanol–water partition coefficient (Wildman–Crippen LogP) is 5.12. The molecule has 3 rings (SSSR count). The number of benzene rings is 3. The topological polar surface area (TPSA) is 149 Å². The van der Waals surface area contributed by atoms with Crippen molar-refractivity contribution in [3.63, 3.8) is 0 Å². The third kappa shape index (κ3) is 12.1. The van der Waals surface area contributed by atoms with Gasteiger partial charge in [0.2, 0.25) is 0 Å². The molecule has 3 aromatic rings. The van der Waals surface area contributed by atoms with E-state index >= 15 is 0 Å². The number of alkyl carbamates (subject to hydrolysis) is 1. The minimum Gasteiger partial charge on any atom is -0.481 e. The molecule has 0 radical (unpaired) electrons. The van der Waals surface area contributed by atoms with Gasteiger partial charge in [-0.3, -0.25) is 20.9 Å². The van der Waals surface area contributed by atoms with E-state index in [1.54, 1.807) is 0 Å². The fourth-order valence-electron chi connectivity index (χ4n) is 2.76. The van der Waals surface area contributed by atoms with Crippen LogP contribution in [-0.2, 0) is 29.0 Å². The number of hydrogen-bond donors (Lipinski definition) is 5. The number of carboxylic acid groups (broad SMARTS) is 1. The Bertz CT molecular complexity index is 1110. The van der Waals surface area contributed by atoms with E-state index in [4.69, 9.17) is 31.2 Å². The molecule has 0 saturated heterocycles. The summed E-state index contributed by atoms with van der Waals surface area (Å²) >= 11 is 0. The van der Waals surface area contributed by atoms with Crippen LogP contribution in [0.2, 0.25) is 0 Å². The van der Waals surface area contributed by atoms with Crippen LogP contribution < -0.4 is 11.1 Å². The van der Waals surface area contributed by atoms with Crippen molar-refractivity contribution in [2.45, 2.75) is 40.2 Å². The first-order valence-electron chi connectivity index (χ1n) is 11.4. The van der Waals surface area contributed by atoms with Crippen LogP contribution in [0.1, 0.15) is 48.6 Å². The van der Waals surface area contributed by atoms with Crippen molar-refractivity contribution in [3.05, 3.63) is 107 Å². The highest BCUT2D eigenvalue weighted by Gasteiger charge is 2.08. The quantitative estimate of drug-likeness (QED) is 0.240. The smallest absolute Gasteiger partial charge is 0.413 e. The number of amidine groups is 2. The van der Waals surface area contributed by atoms with Crippen LogP contribution in [0.25, 0.3) is 0 Å². The number of ether oxygens (including phenoxy) is 1. The molecule has 8 nitrogen and oxygen atoms in total. The monoisotopic (exact) mass is 490 g/mol. The van der Waals surface area contributed by atoms with Gasteiger partial charge in [0.15, 0.2) is 0 Å². The molecular weight excluding hydrogens is 456 g/mol. The molecule has 0 bridgehead atoms. The van der Waals surface area contributed by atoms with E-state index in [2.05, 4.69) is 19.2 Å². The summed E-state index contributed by atoms with van der Waals surface area (Å²) in [6, 6.07) is 24.7. The number of carboxylic acids is 1. The summed E-state index contributed by atoms with van der Waals surface area (Å²) in [6.45, 7) is 5.44. The van der Waals surface area contributed by atoms with Gasteiger partial charge in [-0.05, 0) is 29.5 Å². The maximum absolute atomic E-state index is 11.6. The van der Waals surface area contributed by atoms with Gasteiger partial charge in [-0.1, -0.05) is 92.7 Å². The van der Waals surface area contributed by atoms with Crippen LogP contribution in [0.5, 0.6) is 0 Å². The molecule has 3 aromatic carbocycles. The lowest BCUT2D eigenvalue weighted by atomic mass is 10.1. The largest absolute Gasteiger partial charge is 0.481 e. The molecule has 0 fully saturated rings. The van der Waals surface area contributed by atoms with Crippen molar-refractivity contribution < 1.29 is 19.4 Å². The Labute approximate surface area is 212 Å². The summed E-state index contributed by atoms with van der Waals surface area (Å²) in [4.78, 5) is 20.6. The molecule has 0 aliphatic rings. The minimum absolute atomic E-state index is 0.0377. The Hall–Kier alpha value is -4.46. The maximum Gasteiger partial charge on any atom is 0.413 e. The van der Waals surface area contributed by atoms with Crippen molar-refractivity contribution in [2.24, 2.45) is 5.73 Å². The number of amides is 1. The molecule has 6 N–H and O–H groups in total. The Morgan fingerprint density at radius 3 is 1.67 bits per heavy atom. The lowest BCUT2D eigenvalue weighted by Gasteiger charge is -2.08. The number of aryl methyl sites for hydroxylation is 2. The lowest BCUT2D eigenvalue weighted by Crippen LogP contribution is -2.30. The van der Waals surface area contributed by atoms with Gasteiger partial charge >= 0.3 is 6.09 Å². The third-order valence-electron chi connectivity index (χ3n) is 4.76. The number of nitrogen functional groups attached to an aromatic ring is 1. The highest BCUT2D eigenvalue weighted by molar-refractivity contribution is 6.04. The van der Waals surface area contributed by atoms with Gasteiger partial charge in [0.05, 0.1) is 0 Å². The van der Waals surface area contributed by atoms with E-state index in [1.807, 2.05) is 78.9 Å². The van der Waals surface area contributed by atoms with Gasteiger partial charge in [0, 0.05) is 18.1 Å². The van der Waals surface area contributed by atoms with Crippen LogP contribution in [0.3, 0.4) is 0 Å². The van der Waals surface area contributed by atoms with Gasteiger partial charge in [-0.25, -0.2) is 4.79 Å². The molecule has 1 amide bonds. The SMILES string of the molecule is CC(=O)O.CCc1ccc(C(=N)N)cc1.CCc1ccc(C(=N)NC(=O)OCc2ccccc2)cc1. The predicted molar refractivity (Wildman–Crippen MR) is 143 cm³/mol. The zero-order chi connectivity index (χ0) is 26.9. The van der Waals surface area contributed by atoms with Crippen LogP contribution in [0.15, 0.2) is 78.9 Å². The van der Waals surface area contributed by atoms with Gasteiger partial charge < -0.3 is 15.6 Å². The standard InChI is InChI=1S/C17H18N2O2.C9H12N2.C2H4O2/c1-2-13-8-10-15(11-9-13)16(18)19-17(20)21-12-14-6-4-3-5-7-14;1-2-7-3-5-8(6-4-7)9(10)11;1-2(3)4/h3-11H,2,12H2,1H3,(H2,18,19,20);3-6H,2H2,1H3,(H3,10,11);1H3,(H,3,4). The molecule has 0 atom stereocenters. The van der Waals surface area contributed by atoms with Gasteiger partial charge in [0.1, 0.15) is 18.3 Å². The number of rotatable bonds is 6. The van der Waals surface area contributed by atoms with E-state index in [9.17, 15) is 4.79 Å². The normalized spacial score (nSPS) is 9.42. The van der Waals surface area contributed by atoms with E-state index in [0.717, 1.165) is 30.9 Å². The first-order chi connectivity index (χ1) is 17.2. The Balaban J connectivity index is 0.000000360. The summed E-state index contributed by atoms with van der Waals surface area (Å²) in [5, 5.41) is 24.8. The summed E-state index contributed by atoms with van der Waals surface area (Å²) in [7, 11) is 0. The summed E-state index contributed by atoms with van der Waals surface area (Å²) < 4.78 is 5.07. The van der Waals surface area contributed by atoms with Crippen LogP contribution in [0.4, 0.5) is 4.79 Å². The molecule has 0 saturated carbocycles. The van der Waals surface area contributed by atoms with Crippen LogP contribution >= 0.6 is 0 Å². The number of nitrogens with one attached hydrogen (secondary N) is 3. The molecule has 0 aromatic heterocycles. The molecular formula is C28H34N4O4. The van der Waals surface area contributed by atoms with E-state index in [-0.39, 0.29) is 18.3 Å². The molecule has 0 unspecified atom stereocenters. The van der Waals surface area contributed by atoms with Gasteiger partial charge in [0.25, 0.3) is 5.97 Å². The molecule has 0 heterocycles. The Morgan fingerprint density at radius 2 is 1.25 bits per heavy atom. The Kier molecular flexibility index (Phi) is 13.3. The average Bonchev–Trinajstić information content (AvgIpc) is 2.88. The van der Waals surface area contributed by atoms with Crippen molar-refractivity contribution in [1.29, 1.82) is 10.8 Å². The molecule has 0 spiro atoms. The van der Waals surface area contributed by atoms with Gasteiger partial charge in [-0.2, -0.15) is 0 Å². The highest BCUT2D eigenvalue weighted by atomic mass is 16.5. The zero-order valence-electron chi connectivity index (χ0n) is 20.9. The van der Waals surface area contributed by atoms with Crippen molar-refractivity contribution in [2.75, 3.05) is 0 Å². The number of hydrogen-bond acceptors (Lipinski definition) is 5. The van der Waals surface area contributed by atoms with Crippen LogP contribution in [-0.4, -0.2) is 28.8 Å². The van der Waals surface area contributed by atoms with E-state index < -0.39 is 12.1 Å². The van der Waals surface area contributed by atoms with E-state index in [1.165, 1.54) is 11.1 Å². The van der Waals surface area contributed by atoms with Crippen molar-refractivity contribution >= 4 is 23.7 Å². The second-order valence-corrected chi connectivity index (χ2v) is 7.60. The lowest BCUT2D eigenvalue weighted by molar-refractivity contribution is -0.134. The summed E-state index contributed by atoms with van der Waals surface area (Å²) in [5.74, 6) is -0.664. The molecule has 36 heavy (non-hydrogen) atoms. The summed E-state index contributed by atoms with van der Waals surface area (Å²) in [6.07, 6.45) is 1.35. The maximum atomic E-state index is 11.6. The number of carbonyl (C=O) groups is 2. The van der Waals surface area contributed by atoms with Gasteiger partial charge in [-0.15, -0.1) is 0 Å². The fourth-order valence-corrected chi connectivity index (χ4v) is 2.76. The highest BCUT2D eigenvalue weighted by Crippen LogP contribution is 2.06. The van der Waals surface area contributed by atoms with E-state index in [0.29, 0.717) is 5.56 Å². The average molecular weight is 491 g/mol. The molecule has 8 heteroatoms. The van der Waals surface area contributed by atoms with Crippen molar-refractivity contribution in [1.82, 2.24) is 5.32 Å². The first-order valence-corrected chi connectivity index (χ1v) is 11.4. The fraction of sp³-hybridized carbons (Fsp3) is 0.214. The zero-order valence-corrected chi connectivity index (χ0v) is 20.9. The van der Waals surface area contributed by atoms with Crippen molar-refractivity contribution in [3.8, 4) is 0 Å².